The minimum Gasteiger partial charge on any atom is -0.497 e. The van der Waals surface area contributed by atoms with Crippen LogP contribution in [0.15, 0.2) is 41.8 Å². The van der Waals surface area contributed by atoms with Crippen LogP contribution in [-0.4, -0.2) is 31.1 Å². The number of nitrogens with zero attached hydrogens (tertiary/aromatic N) is 1. The molecular weight excluding hydrogens is 296 g/mol. The summed E-state index contributed by atoms with van der Waals surface area (Å²) in [6.45, 7) is 4.00. The Labute approximate surface area is 135 Å². The Kier molecular flexibility index (Phi) is 6.27. The normalized spacial score (nSPS) is 10.3. The van der Waals surface area contributed by atoms with Gasteiger partial charge in [-0.05, 0) is 42.5 Å². The number of hydrogen-bond donors (Lipinski definition) is 1. The molecule has 0 saturated carbocycles. The molecule has 2 aromatic rings. The zero-order valence-electron chi connectivity index (χ0n) is 13.0. The highest BCUT2D eigenvalue weighted by Crippen LogP contribution is 2.12. The highest BCUT2D eigenvalue weighted by molar-refractivity contribution is 7.09. The number of benzene rings is 1. The first-order valence-corrected chi connectivity index (χ1v) is 8.29. The van der Waals surface area contributed by atoms with Crippen LogP contribution < -0.4 is 10.1 Å². The first kappa shape index (κ1) is 16.4. The Morgan fingerprint density at radius 2 is 2.05 bits per heavy atom. The molecule has 1 heterocycles. The second kappa shape index (κ2) is 8.44. The molecule has 2 rings (SSSR count). The monoisotopic (exact) mass is 318 g/mol. The fraction of sp³-hybridized carbons (Fsp3) is 0.353. The Hall–Kier alpha value is -2.01. The minimum absolute atomic E-state index is 0.00980. The van der Waals surface area contributed by atoms with Crippen LogP contribution in [0.2, 0.25) is 0 Å². The lowest BCUT2D eigenvalue weighted by Crippen LogP contribution is -2.40. The molecule has 0 saturated heterocycles. The minimum atomic E-state index is -0.00980. The second-order valence-electron chi connectivity index (χ2n) is 4.92. The maximum Gasteiger partial charge on any atom is 0.317 e. The SMILES string of the molecule is CCN(Cc1cccs1)C(=O)NCCc1ccc(OC)cc1. The number of urea groups is 1. The van der Waals surface area contributed by atoms with Crippen molar-refractivity contribution in [2.45, 2.75) is 19.9 Å². The number of carbonyl (C=O) groups excluding carboxylic acids is 1. The van der Waals surface area contributed by atoms with E-state index in [1.165, 1.54) is 10.4 Å². The number of nitrogens with one attached hydrogen (secondary N) is 1. The molecule has 0 aliphatic heterocycles. The van der Waals surface area contributed by atoms with Gasteiger partial charge in [0.05, 0.1) is 13.7 Å². The lowest BCUT2D eigenvalue weighted by Gasteiger charge is -2.20. The second-order valence-corrected chi connectivity index (χ2v) is 5.96. The summed E-state index contributed by atoms with van der Waals surface area (Å²) in [5.41, 5.74) is 1.18. The summed E-state index contributed by atoms with van der Waals surface area (Å²) in [5.74, 6) is 0.848. The van der Waals surface area contributed by atoms with Gasteiger partial charge in [-0.25, -0.2) is 4.79 Å². The smallest absolute Gasteiger partial charge is 0.317 e. The molecule has 4 nitrogen and oxygen atoms in total. The van der Waals surface area contributed by atoms with Gasteiger partial charge in [-0.2, -0.15) is 0 Å². The fourth-order valence-electron chi connectivity index (χ4n) is 2.14. The number of methoxy groups -OCH3 is 1. The molecule has 1 aromatic heterocycles. The van der Waals surface area contributed by atoms with E-state index in [1.807, 2.05) is 47.5 Å². The molecule has 22 heavy (non-hydrogen) atoms. The van der Waals surface area contributed by atoms with Crippen LogP contribution in [0.25, 0.3) is 0 Å². The molecule has 1 aromatic carbocycles. The summed E-state index contributed by atoms with van der Waals surface area (Å²) < 4.78 is 5.13. The summed E-state index contributed by atoms with van der Waals surface area (Å²) in [4.78, 5) is 15.2. The van der Waals surface area contributed by atoms with Crippen molar-refractivity contribution in [1.29, 1.82) is 0 Å². The Morgan fingerprint density at radius 3 is 2.64 bits per heavy atom. The van der Waals surface area contributed by atoms with Crippen LogP contribution in [0.3, 0.4) is 0 Å². The topological polar surface area (TPSA) is 41.6 Å². The van der Waals surface area contributed by atoms with Gasteiger partial charge in [0.2, 0.25) is 0 Å². The number of carbonyl (C=O) groups is 1. The third kappa shape index (κ3) is 4.77. The van der Waals surface area contributed by atoms with E-state index in [-0.39, 0.29) is 6.03 Å². The molecule has 5 heteroatoms. The molecule has 0 fully saturated rings. The van der Waals surface area contributed by atoms with Crippen LogP contribution in [0, 0.1) is 0 Å². The largest absolute Gasteiger partial charge is 0.497 e. The summed E-state index contributed by atoms with van der Waals surface area (Å²) in [6, 6.07) is 12.0. The van der Waals surface area contributed by atoms with Crippen LogP contribution in [0.5, 0.6) is 5.75 Å². The summed E-state index contributed by atoms with van der Waals surface area (Å²) >= 11 is 1.67. The predicted octanol–water partition coefficient (Wildman–Crippen LogP) is 3.53. The first-order chi connectivity index (χ1) is 10.7. The zero-order valence-corrected chi connectivity index (χ0v) is 13.9. The molecule has 1 N–H and O–H groups in total. The summed E-state index contributed by atoms with van der Waals surface area (Å²) in [5, 5.41) is 5.02. The van der Waals surface area contributed by atoms with Crippen LogP contribution in [0.1, 0.15) is 17.4 Å². The van der Waals surface area contributed by atoms with Crippen molar-refractivity contribution in [3.8, 4) is 5.75 Å². The molecule has 118 valence electrons. The molecule has 0 atom stereocenters. The fourth-order valence-corrected chi connectivity index (χ4v) is 2.86. The van der Waals surface area contributed by atoms with Crippen molar-refractivity contribution >= 4 is 17.4 Å². The van der Waals surface area contributed by atoms with E-state index in [2.05, 4.69) is 11.4 Å². The molecular formula is C17H22N2O2S. The summed E-state index contributed by atoms with van der Waals surface area (Å²) in [7, 11) is 1.65. The van der Waals surface area contributed by atoms with Gasteiger partial charge in [-0.15, -0.1) is 11.3 Å². The lowest BCUT2D eigenvalue weighted by atomic mass is 10.1. The molecule has 2 amide bonds. The van der Waals surface area contributed by atoms with E-state index < -0.39 is 0 Å². The van der Waals surface area contributed by atoms with E-state index in [9.17, 15) is 4.79 Å². The van der Waals surface area contributed by atoms with Crippen molar-refractivity contribution in [3.05, 3.63) is 52.2 Å². The molecule has 0 aliphatic carbocycles. The van der Waals surface area contributed by atoms with Crippen molar-refractivity contribution in [1.82, 2.24) is 10.2 Å². The Bertz CT molecular complexity index is 567. The van der Waals surface area contributed by atoms with E-state index in [0.29, 0.717) is 19.6 Å². The Balaban J connectivity index is 1.77. The molecule has 0 aliphatic rings. The molecule has 0 unspecified atom stereocenters. The maximum atomic E-state index is 12.2. The van der Waals surface area contributed by atoms with Gasteiger partial charge in [-0.3, -0.25) is 0 Å². The van der Waals surface area contributed by atoms with Gasteiger partial charge < -0.3 is 15.0 Å². The van der Waals surface area contributed by atoms with Gasteiger partial charge in [0, 0.05) is 18.0 Å². The Morgan fingerprint density at radius 1 is 1.27 bits per heavy atom. The number of hydrogen-bond acceptors (Lipinski definition) is 3. The third-order valence-electron chi connectivity index (χ3n) is 3.44. The summed E-state index contributed by atoms with van der Waals surface area (Å²) in [6.07, 6.45) is 0.812. The van der Waals surface area contributed by atoms with E-state index in [1.54, 1.807) is 18.4 Å². The van der Waals surface area contributed by atoms with Crippen molar-refractivity contribution in [3.63, 3.8) is 0 Å². The first-order valence-electron chi connectivity index (χ1n) is 7.41. The van der Waals surface area contributed by atoms with Crippen LogP contribution in [0.4, 0.5) is 4.79 Å². The lowest BCUT2D eigenvalue weighted by molar-refractivity contribution is 0.199. The average Bonchev–Trinajstić information content (AvgIpc) is 3.06. The van der Waals surface area contributed by atoms with E-state index in [0.717, 1.165) is 12.2 Å². The highest BCUT2D eigenvalue weighted by atomic mass is 32.1. The standard InChI is InChI=1S/C17H22N2O2S/c1-3-19(13-16-5-4-12-22-16)17(20)18-11-10-14-6-8-15(21-2)9-7-14/h4-9,12H,3,10-11,13H2,1-2H3,(H,18,20). The van der Waals surface area contributed by atoms with Crippen LogP contribution >= 0.6 is 11.3 Å². The quantitative estimate of drug-likeness (QED) is 0.848. The molecule has 0 spiro atoms. The maximum absolute atomic E-state index is 12.2. The van der Waals surface area contributed by atoms with Gasteiger partial charge in [-0.1, -0.05) is 18.2 Å². The van der Waals surface area contributed by atoms with E-state index in [4.69, 9.17) is 4.74 Å². The molecule has 0 bridgehead atoms. The number of thiophene rings is 1. The van der Waals surface area contributed by atoms with Crippen molar-refractivity contribution < 1.29 is 9.53 Å². The highest BCUT2D eigenvalue weighted by Gasteiger charge is 2.11. The number of rotatable bonds is 7. The number of amides is 2. The van der Waals surface area contributed by atoms with Crippen molar-refractivity contribution in [2.75, 3.05) is 20.2 Å². The average molecular weight is 318 g/mol. The third-order valence-corrected chi connectivity index (χ3v) is 4.31. The van der Waals surface area contributed by atoms with Gasteiger partial charge in [0.15, 0.2) is 0 Å². The van der Waals surface area contributed by atoms with E-state index >= 15 is 0 Å². The predicted molar refractivity (Wildman–Crippen MR) is 90.5 cm³/mol. The van der Waals surface area contributed by atoms with Gasteiger partial charge >= 0.3 is 6.03 Å². The van der Waals surface area contributed by atoms with Crippen molar-refractivity contribution in [2.24, 2.45) is 0 Å². The van der Waals surface area contributed by atoms with Gasteiger partial charge in [0.1, 0.15) is 5.75 Å². The molecule has 0 radical (unpaired) electrons. The van der Waals surface area contributed by atoms with Crippen LogP contribution in [-0.2, 0) is 13.0 Å². The number of ether oxygens (including phenoxy) is 1. The van der Waals surface area contributed by atoms with Gasteiger partial charge in [0.25, 0.3) is 0 Å². The zero-order chi connectivity index (χ0) is 15.8.